The first kappa shape index (κ1) is 17.5. The molecule has 25 heavy (non-hydrogen) atoms. The number of imidazole rings is 1. The van der Waals surface area contributed by atoms with E-state index in [0.717, 1.165) is 24.9 Å². The molecule has 0 radical (unpaired) electrons. The second kappa shape index (κ2) is 7.72. The fourth-order valence-corrected chi connectivity index (χ4v) is 3.21. The molecule has 0 atom stereocenters. The first-order valence-corrected chi connectivity index (χ1v) is 9.13. The molecule has 1 aliphatic carbocycles. The average molecular weight is 339 g/mol. The van der Waals surface area contributed by atoms with Gasteiger partial charge < -0.3 is 15.2 Å². The standard InChI is InChI=1S/C20H29N5/c1-16(2)14-25-12-11-22-18(25)13-23-19(21-3)24-15-20(9-10-20)17-7-5-4-6-8-17/h4-8,11-12,16H,9-10,13-15H2,1-3H3,(H2,21,23,24). The molecular formula is C20H29N5. The van der Waals surface area contributed by atoms with Crippen molar-refractivity contribution in [3.8, 4) is 0 Å². The third-order valence-electron chi connectivity index (χ3n) is 4.84. The van der Waals surface area contributed by atoms with Crippen LogP contribution in [0.15, 0.2) is 47.7 Å². The van der Waals surface area contributed by atoms with Gasteiger partial charge in [0.2, 0.25) is 0 Å². The summed E-state index contributed by atoms with van der Waals surface area (Å²) in [5.41, 5.74) is 1.69. The number of hydrogen-bond acceptors (Lipinski definition) is 2. The van der Waals surface area contributed by atoms with Crippen molar-refractivity contribution in [2.24, 2.45) is 10.9 Å². The third-order valence-corrected chi connectivity index (χ3v) is 4.84. The van der Waals surface area contributed by atoms with Gasteiger partial charge in [0.15, 0.2) is 5.96 Å². The molecule has 0 bridgehead atoms. The molecule has 134 valence electrons. The summed E-state index contributed by atoms with van der Waals surface area (Å²) >= 11 is 0. The van der Waals surface area contributed by atoms with Crippen molar-refractivity contribution in [1.29, 1.82) is 0 Å². The van der Waals surface area contributed by atoms with Crippen LogP contribution in [0.25, 0.3) is 0 Å². The van der Waals surface area contributed by atoms with E-state index in [1.165, 1.54) is 18.4 Å². The van der Waals surface area contributed by atoms with Crippen molar-refractivity contribution in [2.45, 2.75) is 45.2 Å². The van der Waals surface area contributed by atoms with E-state index in [0.29, 0.717) is 12.5 Å². The number of aliphatic imine (C=N–C) groups is 1. The van der Waals surface area contributed by atoms with Crippen LogP contribution >= 0.6 is 0 Å². The summed E-state index contributed by atoms with van der Waals surface area (Å²) < 4.78 is 2.21. The largest absolute Gasteiger partial charge is 0.356 e. The lowest BCUT2D eigenvalue weighted by Gasteiger charge is -2.19. The number of rotatable bonds is 7. The van der Waals surface area contributed by atoms with E-state index in [-0.39, 0.29) is 5.41 Å². The van der Waals surface area contributed by atoms with E-state index in [9.17, 15) is 0 Å². The Balaban J connectivity index is 1.53. The van der Waals surface area contributed by atoms with Crippen molar-refractivity contribution in [2.75, 3.05) is 13.6 Å². The van der Waals surface area contributed by atoms with Crippen molar-refractivity contribution in [3.05, 3.63) is 54.1 Å². The monoisotopic (exact) mass is 339 g/mol. The van der Waals surface area contributed by atoms with E-state index < -0.39 is 0 Å². The Kier molecular flexibility index (Phi) is 5.41. The molecule has 0 unspecified atom stereocenters. The zero-order valence-corrected chi connectivity index (χ0v) is 15.5. The Morgan fingerprint density at radius 2 is 2.00 bits per heavy atom. The lowest BCUT2D eigenvalue weighted by atomic mass is 9.96. The highest BCUT2D eigenvalue weighted by Crippen LogP contribution is 2.47. The number of hydrogen-bond donors (Lipinski definition) is 2. The molecule has 1 heterocycles. The van der Waals surface area contributed by atoms with Crippen LogP contribution in [0.3, 0.4) is 0 Å². The number of guanidine groups is 1. The van der Waals surface area contributed by atoms with Gasteiger partial charge >= 0.3 is 0 Å². The zero-order valence-electron chi connectivity index (χ0n) is 15.5. The quantitative estimate of drug-likeness (QED) is 0.602. The number of nitrogens with one attached hydrogen (secondary N) is 2. The maximum atomic E-state index is 4.46. The summed E-state index contributed by atoms with van der Waals surface area (Å²) in [5, 5.41) is 6.89. The fraction of sp³-hybridized carbons (Fsp3) is 0.500. The average Bonchev–Trinajstić information content (AvgIpc) is 3.29. The smallest absolute Gasteiger partial charge is 0.191 e. The SMILES string of the molecule is CN=C(NCc1nccn1CC(C)C)NCC1(c2ccccc2)CC1. The molecule has 3 rings (SSSR count). The normalized spacial score (nSPS) is 16.1. The molecule has 5 heteroatoms. The first-order chi connectivity index (χ1) is 12.1. The highest BCUT2D eigenvalue weighted by atomic mass is 15.2. The van der Waals surface area contributed by atoms with Crippen molar-refractivity contribution >= 4 is 5.96 Å². The van der Waals surface area contributed by atoms with Crippen molar-refractivity contribution < 1.29 is 0 Å². The fourth-order valence-electron chi connectivity index (χ4n) is 3.21. The summed E-state index contributed by atoms with van der Waals surface area (Å²) in [6, 6.07) is 10.8. The zero-order chi connectivity index (χ0) is 17.7. The molecule has 1 aromatic carbocycles. The first-order valence-electron chi connectivity index (χ1n) is 9.13. The van der Waals surface area contributed by atoms with Gasteiger partial charge in [-0.3, -0.25) is 4.99 Å². The third kappa shape index (κ3) is 4.41. The molecule has 2 aromatic rings. The van der Waals surface area contributed by atoms with Gasteiger partial charge in [-0.1, -0.05) is 44.2 Å². The van der Waals surface area contributed by atoms with E-state index >= 15 is 0 Å². The predicted molar refractivity (Wildman–Crippen MR) is 103 cm³/mol. The van der Waals surface area contributed by atoms with E-state index in [2.05, 4.69) is 69.4 Å². The van der Waals surface area contributed by atoms with Crippen LogP contribution in [0.4, 0.5) is 0 Å². The minimum Gasteiger partial charge on any atom is -0.356 e. The highest BCUT2D eigenvalue weighted by molar-refractivity contribution is 5.79. The highest BCUT2D eigenvalue weighted by Gasteiger charge is 2.43. The van der Waals surface area contributed by atoms with Gasteiger partial charge in [0.05, 0.1) is 6.54 Å². The number of nitrogens with zero attached hydrogens (tertiary/aromatic N) is 3. The van der Waals surface area contributed by atoms with Crippen LogP contribution < -0.4 is 10.6 Å². The Morgan fingerprint density at radius 3 is 2.64 bits per heavy atom. The van der Waals surface area contributed by atoms with Gasteiger partial charge in [-0.25, -0.2) is 4.98 Å². The van der Waals surface area contributed by atoms with Crippen LogP contribution in [0.2, 0.25) is 0 Å². The summed E-state index contributed by atoms with van der Waals surface area (Å²) in [5.74, 6) is 2.48. The van der Waals surface area contributed by atoms with Gasteiger partial charge in [0.25, 0.3) is 0 Å². The number of aromatic nitrogens is 2. The Hall–Kier alpha value is -2.30. The Morgan fingerprint density at radius 1 is 1.24 bits per heavy atom. The van der Waals surface area contributed by atoms with Crippen LogP contribution in [0.5, 0.6) is 0 Å². The van der Waals surface area contributed by atoms with Crippen LogP contribution in [0.1, 0.15) is 38.1 Å². The Labute approximate surface area is 150 Å². The molecule has 1 aliphatic rings. The molecule has 0 spiro atoms. The van der Waals surface area contributed by atoms with Gasteiger partial charge in [-0.05, 0) is 24.3 Å². The van der Waals surface area contributed by atoms with Gasteiger partial charge in [0, 0.05) is 37.9 Å². The molecule has 0 saturated heterocycles. The number of benzene rings is 1. The van der Waals surface area contributed by atoms with Gasteiger partial charge in [0.1, 0.15) is 5.82 Å². The minimum absolute atomic E-state index is 0.273. The van der Waals surface area contributed by atoms with Crippen molar-refractivity contribution in [3.63, 3.8) is 0 Å². The molecular weight excluding hydrogens is 310 g/mol. The minimum atomic E-state index is 0.273. The molecule has 2 N–H and O–H groups in total. The predicted octanol–water partition coefficient (Wildman–Crippen LogP) is 2.94. The molecule has 0 aliphatic heterocycles. The van der Waals surface area contributed by atoms with Gasteiger partial charge in [-0.15, -0.1) is 0 Å². The lowest BCUT2D eigenvalue weighted by molar-refractivity contribution is 0.503. The Bertz CT molecular complexity index is 698. The second-order valence-corrected chi connectivity index (χ2v) is 7.32. The summed E-state index contributed by atoms with van der Waals surface area (Å²) in [6.45, 7) is 7.02. The molecule has 0 amide bonds. The van der Waals surface area contributed by atoms with Crippen LogP contribution in [-0.2, 0) is 18.5 Å². The van der Waals surface area contributed by atoms with E-state index in [4.69, 9.17) is 0 Å². The van der Waals surface area contributed by atoms with E-state index in [1.54, 1.807) is 0 Å². The van der Waals surface area contributed by atoms with E-state index in [1.807, 2.05) is 19.4 Å². The topological polar surface area (TPSA) is 54.2 Å². The molecule has 1 aromatic heterocycles. The van der Waals surface area contributed by atoms with Crippen LogP contribution in [0, 0.1) is 5.92 Å². The molecule has 1 saturated carbocycles. The van der Waals surface area contributed by atoms with Crippen molar-refractivity contribution in [1.82, 2.24) is 20.2 Å². The summed E-state index contributed by atoms with van der Waals surface area (Å²) in [7, 11) is 1.82. The lowest BCUT2D eigenvalue weighted by Crippen LogP contribution is -2.41. The molecule has 1 fully saturated rings. The summed E-state index contributed by atoms with van der Waals surface area (Å²) in [4.78, 5) is 8.82. The summed E-state index contributed by atoms with van der Waals surface area (Å²) in [6.07, 6.45) is 6.38. The van der Waals surface area contributed by atoms with Gasteiger partial charge in [-0.2, -0.15) is 0 Å². The molecule has 5 nitrogen and oxygen atoms in total. The maximum absolute atomic E-state index is 4.46. The second-order valence-electron chi connectivity index (χ2n) is 7.32. The maximum Gasteiger partial charge on any atom is 0.191 e. The van der Waals surface area contributed by atoms with Crippen LogP contribution in [-0.4, -0.2) is 29.1 Å².